The fourth-order valence-electron chi connectivity index (χ4n) is 2.42. The van der Waals surface area contributed by atoms with Crippen molar-refractivity contribution in [1.29, 1.82) is 0 Å². The van der Waals surface area contributed by atoms with Crippen LogP contribution in [-0.2, 0) is 11.3 Å². The number of halogens is 1. The lowest BCUT2D eigenvalue weighted by atomic mass is 10.2. The van der Waals surface area contributed by atoms with Crippen LogP contribution >= 0.6 is 11.6 Å². The van der Waals surface area contributed by atoms with Crippen molar-refractivity contribution >= 4 is 17.4 Å². The van der Waals surface area contributed by atoms with E-state index >= 15 is 0 Å². The maximum atomic E-state index is 6.37. The Morgan fingerprint density at radius 3 is 2.95 bits per heavy atom. The third kappa shape index (κ3) is 4.08. The maximum Gasteiger partial charge on any atom is 0.147 e. The van der Waals surface area contributed by atoms with Crippen LogP contribution in [0.2, 0.25) is 5.02 Å². The van der Waals surface area contributed by atoms with Crippen molar-refractivity contribution in [3.8, 4) is 0 Å². The highest BCUT2D eigenvalue weighted by molar-refractivity contribution is 6.33. The van der Waals surface area contributed by atoms with E-state index in [9.17, 15) is 0 Å². The van der Waals surface area contributed by atoms with Gasteiger partial charge in [0, 0.05) is 32.9 Å². The Balaban J connectivity index is 1.96. The van der Waals surface area contributed by atoms with E-state index in [0.717, 1.165) is 49.0 Å². The molecule has 20 heavy (non-hydrogen) atoms. The first-order valence-corrected chi connectivity index (χ1v) is 7.60. The molecular weight excluding hydrogens is 274 g/mol. The van der Waals surface area contributed by atoms with Gasteiger partial charge in [0.05, 0.1) is 11.1 Å². The molecule has 1 aromatic rings. The highest BCUT2D eigenvalue weighted by Crippen LogP contribution is 2.27. The maximum absolute atomic E-state index is 6.37. The van der Waals surface area contributed by atoms with Crippen LogP contribution in [0.25, 0.3) is 0 Å². The van der Waals surface area contributed by atoms with Crippen LogP contribution in [0.15, 0.2) is 12.3 Å². The van der Waals surface area contributed by atoms with E-state index < -0.39 is 0 Å². The van der Waals surface area contributed by atoms with Gasteiger partial charge in [0.25, 0.3) is 0 Å². The summed E-state index contributed by atoms with van der Waals surface area (Å²) >= 11 is 6.37. The molecule has 2 heterocycles. The molecular formula is C15H24ClN3O. The van der Waals surface area contributed by atoms with Crippen LogP contribution in [0, 0.1) is 5.92 Å². The van der Waals surface area contributed by atoms with Gasteiger partial charge in [0.2, 0.25) is 0 Å². The standard InChI is InChI=1S/C15H24ClN3O/c1-11(2)7-17-8-12-6-14(16)15(18-9-12)19-5-4-13(10-19)20-3/h6,9,11,13,17H,4-5,7-8,10H2,1-3H3. The molecule has 5 heteroatoms. The molecule has 112 valence electrons. The van der Waals surface area contributed by atoms with Crippen LogP contribution in [0.3, 0.4) is 0 Å². The van der Waals surface area contributed by atoms with E-state index in [4.69, 9.17) is 16.3 Å². The van der Waals surface area contributed by atoms with Crippen molar-refractivity contribution in [3.05, 3.63) is 22.8 Å². The van der Waals surface area contributed by atoms with E-state index in [2.05, 4.69) is 29.0 Å². The molecule has 1 fully saturated rings. The average Bonchev–Trinajstić information content (AvgIpc) is 2.87. The summed E-state index contributed by atoms with van der Waals surface area (Å²) in [5.41, 5.74) is 1.13. The number of nitrogens with zero attached hydrogens (tertiary/aromatic N) is 2. The predicted molar refractivity (Wildman–Crippen MR) is 83.4 cm³/mol. The minimum atomic E-state index is 0.292. The van der Waals surface area contributed by atoms with Crippen molar-refractivity contribution in [1.82, 2.24) is 10.3 Å². The molecule has 0 bridgehead atoms. The van der Waals surface area contributed by atoms with E-state index in [1.807, 2.05) is 12.3 Å². The molecule has 1 aliphatic heterocycles. The van der Waals surface area contributed by atoms with Gasteiger partial charge in [-0.25, -0.2) is 4.98 Å². The molecule has 1 aromatic heterocycles. The van der Waals surface area contributed by atoms with Crippen LogP contribution in [-0.4, -0.2) is 37.8 Å². The summed E-state index contributed by atoms with van der Waals surface area (Å²) in [7, 11) is 1.76. The number of nitrogens with one attached hydrogen (secondary N) is 1. The van der Waals surface area contributed by atoms with E-state index in [1.165, 1.54) is 0 Å². The number of methoxy groups -OCH3 is 1. The number of aromatic nitrogens is 1. The van der Waals surface area contributed by atoms with Crippen molar-refractivity contribution in [2.45, 2.75) is 32.9 Å². The Morgan fingerprint density at radius 2 is 2.35 bits per heavy atom. The molecule has 1 aliphatic rings. The quantitative estimate of drug-likeness (QED) is 0.876. The van der Waals surface area contributed by atoms with Gasteiger partial charge >= 0.3 is 0 Å². The van der Waals surface area contributed by atoms with Crippen LogP contribution < -0.4 is 10.2 Å². The SMILES string of the molecule is COC1CCN(c2ncc(CNCC(C)C)cc2Cl)C1. The minimum Gasteiger partial charge on any atom is -0.380 e. The number of hydrogen-bond donors (Lipinski definition) is 1. The lowest BCUT2D eigenvalue weighted by Crippen LogP contribution is -2.24. The molecule has 0 aliphatic carbocycles. The summed E-state index contributed by atoms with van der Waals surface area (Å²) < 4.78 is 5.38. The minimum absolute atomic E-state index is 0.292. The van der Waals surface area contributed by atoms with Gasteiger partial charge in [0.15, 0.2) is 0 Å². The smallest absolute Gasteiger partial charge is 0.147 e. The van der Waals surface area contributed by atoms with Gasteiger partial charge in [-0.3, -0.25) is 0 Å². The Morgan fingerprint density at radius 1 is 1.55 bits per heavy atom. The molecule has 1 unspecified atom stereocenters. The molecule has 0 spiro atoms. The molecule has 0 radical (unpaired) electrons. The zero-order valence-corrected chi connectivity index (χ0v) is 13.3. The van der Waals surface area contributed by atoms with Crippen LogP contribution in [0.4, 0.5) is 5.82 Å². The summed E-state index contributed by atoms with van der Waals surface area (Å²) in [5, 5.41) is 4.13. The van der Waals surface area contributed by atoms with Gasteiger partial charge in [-0.15, -0.1) is 0 Å². The number of rotatable bonds is 6. The van der Waals surface area contributed by atoms with Gasteiger partial charge in [-0.05, 0) is 30.5 Å². The molecule has 0 amide bonds. The highest BCUT2D eigenvalue weighted by Gasteiger charge is 2.24. The zero-order valence-electron chi connectivity index (χ0n) is 12.5. The molecule has 1 N–H and O–H groups in total. The summed E-state index contributed by atoms with van der Waals surface area (Å²) in [6.45, 7) is 8.03. The first-order chi connectivity index (χ1) is 9.60. The Kier molecular flexibility index (Phi) is 5.64. The Labute approximate surface area is 126 Å². The lowest BCUT2D eigenvalue weighted by Gasteiger charge is -2.19. The monoisotopic (exact) mass is 297 g/mol. The molecule has 2 rings (SSSR count). The summed E-state index contributed by atoms with van der Waals surface area (Å²) in [4.78, 5) is 6.72. The van der Waals surface area contributed by atoms with E-state index in [1.54, 1.807) is 7.11 Å². The number of hydrogen-bond acceptors (Lipinski definition) is 4. The van der Waals surface area contributed by atoms with Gasteiger partial charge in [-0.1, -0.05) is 25.4 Å². The van der Waals surface area contributed by atoms with E-state index in [0.29, 0.717) is 12.0 Å². The Bertz CT molecular complexity index is 439. The van der Waals surface area contributed by atoms with E-state index in [-0.39, 0.29) is 0 Å². The number of anilines is 1. The number of pyridine rings is 1. The third-order valence-electron chi connectivity index (χ3n) is 3.54. The highest BCUT2D eigenvalue weighted by atomic mass is 35.5. The summed E-state index contributed by atoms with van der Waals surface area (Å²) in [6, 6.07) is 2.01. The largest absolute Gasteiger partial charge is 0.380 e. The second-order valence-corrected chi connectivity index (χ2v) is 6.17. The van der Waals surface area contributed by atoms with Gasteiger partial charge in [-0.2, -0.15) is 0 Å². The van der Waals surface area contributed by atoms with Gasteiger partial charge in [0.1, 0.15) is 5.82 Å². The molecule has 4 nitrogen and oxygen atoms in total. The summed E-state index contributed by atoms with van der Waals surface area (Å²) in [6.07, 6.45) is 3.24. The second kappa shape index (κ2) is 7.25. The van der Waals surface area contributed by atoms with Crippen molar-refractivity contribution in [2.75, 3.05) is 31.6 Å². The molecule has 1 atom stereocenters. The second-order valence-electron chi connectivity index (χ2n) is 5.77. The topological polar surface area (TPSA) is 37.4 Å². The average molecular weight is 298 g/mol. The fraction of sp³-hybridized carbons (Fsp3) is 0.667. The normalized spacial score (nSPS) is 19.1. The zero-order chi connectivity index (χ0) is 14.5. The molecule has 0 aromatic carbocycles. The number of ether oxygens (including phenoxy) is 1. The molecule has 0 saturated carbocycles. The van der Waals surface area contributed by atoms with Gasteiger partial charge < -0.3 is 15.0 Å². The Hall–Kier alpha value is -0.840. The summed E-state index contributed by atoms with van der Waals surface area (Å²) in [5.74, 6) is 1.52. The first-order valence-electron chi connectivity index (χ1n) is 7.23. The first kappa shape index (κ1) is 15.5. The van der Waals surface area contributed by atoms with Crippen LogP contribution in [0.5, 0.6) is 0 Å². The van der Waals surface area contributed by atoms with Crippen molar-refractivity contribution < 1.29 is 4.74 Å². The van der Waals surface area contributed by atoms with Crippen molar-refractivity contribution in [3.63, 3.8) is 0 Å². The third-order valence-corrected chi connectivity index (χ3v) is 3.82. The van der Waals surface area contributed by atoms with Crippen molar-refractivity contribution in [2.24, 2.45) is 5.92 Å². The van der Waals surface area contributed by atoms with Crippen LogP contribution in [0.1, 0.15) is 25.8 Å². The molecule has 1 saturated heterocycles. The fourth-order valence-corrected chi connectivity index (χ4v) is 2.73. The predicted octanol–water partition coefficient (Wildman–Crippen LogP) is 2.71. The lowest BCUT2D eigenvalue weighted by molar-refractivity contribution is 0.121.